The summed E-state index contributed by atoms with van der Waals surface area (Å²) >= 11 is 0. The zero-order chi connectivity index (χ0) is 45.2. The molecule has 0 aromatic heterocycles. The number of hydrogen-bond donors (Lipinski definition) is 1. The molecule has 5 aromatic carbocycles. The molecule has 65 heavy (non-hydrogen) atoms. The van der Waals surface area contributed by atoms with Crippen LogP contribution in [0, 0.1) is 5.92 Å². The van der Waals surface area contributed by atoms with Gasteiger partial charge in [0.2, 0.25) is 5.91 Å². The Hall–Kier alpha value is -5.28. The van der Waals surface area contributed by atoms with Gasteiger partial charge in [0.1, 0.15) is 37.1 Å². The Morgan fingerprint density at radius 1 is 0.492 bits per heavy atom. The van der Waals surface area contributed by atoms with Gasteiger partial charge in [-0.15, -0.1) is 0 Å². The van der Waals surface area contributed by atoms with E-state index in [9.17, 15) is 9.59 Å². The van der Waals surface area contributed by atoms with Crippen LogP contribution in [0.1, 0.15) is 48.1 Å². The first-order valence-electron chi connectivity index (χ1n) is 22.3. The highest BCUT2D eigenvalue weighted by molar-refractivity contribution is 5.73. The molecule has 0 saturated carbocycles. The zero-order valence-electron chi connectivity index (χ0n) is 37.4. The predicted molar refractivity (Wildman–Crippen MR) is 243 cm³/mol. The Labute approximate surface area is 382 Å². The molecule has 2 heterocycles. The number of carbonyl (C=O) groups is 2. The molecule has 0 bridgehead atoms. The number of benzene rings is 5. The maximum atomic E-state index is 13.4. The molecule has 12 nitrogen and oxygen atoms in total. The van der Waals surface area contributed by atoms with Gasteiger partial charge in [-0.3, -0.25) is 9.59 Å². The summed E-state index contributed by atoms with van der Waals surface area (Å²) in [6.45, 7) is 4.27. The maximum absolute atomic E-state index is 13.4. The van der Waals surface area contributed by atoms with Gasteiger partial charge >= 0.3 is 5.97 Å². The van der Waals surface area contributed by atoms with E-state index in [4.69, 9.17) is 42.6 Å². The lowest BCUT2D eigenvalue weighted by Gasteiger charge is -2.50. The second kappa shape index (κ2) is 24.9. The molecule has 12 heteroatoms. The second-order valence-corrected chi connectivity index (χ2v) is 16.5. The Bertz CT molecular complexity index is 2130. The predicted octanol–water partition coefficient (Wildman–Crippen LogP) is 7.76. The standard InChI is InChI=1S/C53H61NO11/c1-37(55)54-48-45(29-44-46(36-59-38(2)56)65-53(57-3)52(63-34-43-27-17-8-18-28-43)49(44)60-31-40-21-11-5-12-22-40)64-47(35-58-30-39-19-9-4-10-20-39)50(61-32-41-23-13-6-14-24-41)51(48)62-33-42-25-15-7-16-26-42/h4-28,44-53H,29-36H2,1-3H3,(H,54,55)/t44-,45+,46-,47-,48+,49+,50+,51-,52-,53+/m1/s1. The van der Waals surface area contributed by atoms with Crippen molar-refractivity contribution in [3.8, 4) is 0 Å². The van der Waals surface area contributed by atoms with E-state index in [0.29, 0.717) is 6.61 Å². The fourth-order valence-electron chi connectivity index (χ4n) is 8.55. The summed E-state index contributed by atoms with van der Waals surface area (Å²) in [7, 11) is 1.56. The van der Waals surface area contributed by atoms with Crippen molar-refractivity contribution in [1.29, 1.82) is 0 Å². The highest BCUT2D eigenvalue weighted by Gasteiger charge is 2.53. The number of rotatable bonds is 22. The zero-order valence-corrected chi connectivity index (χ0v) is 37.4. The van der Waals surface area contributed by atoms with Crippen molar-refractivity contribution < 1.29 is 52.2 Å². The Morgan fingerprint density at radius 3 is 1.37 bits per heavy atom. The molecule has 0 radical (unpaired) electrons. The highest BCUT2D eigenvalue weighted by Crippen LogP contribution is 2.39. The minimum absolute atomic E-state index is 0.0889. The van der Waals surface area contributed by atoms with Crippen LogP contribution in [0.5, 0.6) is 0 Å². The molecule has 2 aliphatic heterocycles. The molecule has 1 N–H and O–H groups in total. The molecular formula is C53H61NO11. The molecule has 0 unspecified atom stereocenters. The van der Waals surface area contributed by atoms with Crippen molar-refractivity contribution in [1.82, 2.24) is 5.32 Å². The number of nitrogens with one attached hydrogen (secondary N) is 1. The fourth-order valence-corrected chi connectivity index (χ4v) is 8.55. The first kappa shape index (κ1) is 47.7. The van der Waals surface area contributed by atoms with Crippen LogP contribution in [-0.4, -0.2) is 87.3 Å². The van der Waals surface area contributed by atoms with Gasteiger partial charge in [-0.25, -0.2) is 0 Å². The van der Waals surface area contributed by atoms with Crippen LogP contribution in [0.3, 0.4) is 0 Å². The summed E-state index contributed by atoms with van der Waals surface area (Å²) in [4.78, 5) is 25.8. The number of amides is 1. The summed E-state index contributed by atoms with van der Waals surface area (Å²) in [5.74, 6) is -1.26. The molecule has 10 atom stereocenters. The van der Waals surface area contributed by atoms with E-state index >= 15 is 0 Å². The molecule has 1 amide bonds. The maximum Gasteiger partial charge on any atom is 0.302 e. The SMILES string of the molecule is CO[C@H]1O[C@H](COC(C)=O)[C@@H](C[C@@H]2O[C@H](COCc3ccccc3)[C@H](OCc3ccccc3)[C@H](OCc3ccccc3)[C@H]2NC(C)=O)[C@H](OCc2ccccc2)[C@H]1OCc1ccccc1. The molecular weight excluding hydrogens is 827 g/mol. The van der Waals surface area contributed by atoms with Gasteiger partial charge < -0.3 is 47.9 Å². The van der Waals surface area contributed by atoms with E-state index in [1.807, 2.05) is 152 Å². The van der Waals surface area contributed by atoms with E-state index in [1.165, 1.54) is 13.8 Å². The monoisotopic (exact) mass is 887 g/mol. The van der Waals surface area contributed by atoms with Crippen molar-refractivity contribution in [3.05, 3.63) is 179 Å². The van der Waals surface area contributed by atoms with Crippen LogP contribution in [0.2, 0.25) is 0 Å². The van der Waals surface area contributed by atoms with E-state index in [-0.39, 0.29) is 52.0 Å². The summed E-state index contributed by atoms with van der Waals surface area (Å²) in [5.41, 5.74) is 4.85. The molecule has 0 spiro atoms. The van der Waals surface area contributed by atoms with Gasteiger partial charge in [-0.2, -0.15) is 0 Å². The summed E-state index contributed by atoms with van der Waals surface area (Å²) < 4.78 is 59.4. The van der Waals surface area contributed by atoms with Crippen molar-refractivity contribution >= 4 is 11.9 Å². The minimum Gasteiger partial charge on any atom is -0.463 e. The van der Waals surface area contributed by atoms with Gasteiger partial charge in [0.25, 0.3) is 0 Å². The van der Waals surface area contributed by atoms with Crippen LogP contribution in [0.4, 0.5) is 0 Å². The number of esters is 1. The lowest BCUT2D eigenvalue weighted by Crippen LogP contribution is -2.67. The largest absolute Gasteiger partial charge is 0.463 e. The van der Waals surface area contributed by atoms with Crippen molar-refractivity contribution in [2.24, 2.45) is 5.92 Å². The van der Waals surface area contributed by atoms with Crippen molar-refractivity contribution in [2.45, 2.75) is 108 Å². The Morgan fingerprint density at radius 2 is 0.923 bits per heavy atom. The lowest BCUT2D eigenvalue weighted by atomic mass is 9.80. The topological polar surface area (TPSA) is 129 Å². The summed E-state index contributed by atoms with van der Waals surface area (Å²) in [6.07, 6.45) is -5.55. The number of hydrogen-bond acceptors (Lipinski definition) is 11. The van der Waals surface area contributed by atoms with Crippen molar-refractivity contribution in [3.63, 3.8) is 0 Å². The Kier molecular flexibility index (Phi) is 18.2. The normalized spacial score (nSPS) is 25.4. The average molecular weight is 888 g/mol. The molecule has 7 rings (SSSR count). The molecule has 5 aromatic rings. The minimum atomic E-state index is -0.883. The van der Waals surface area contributed by atoms with E-state index in [2.05, 4.69) is 5.32 Å². The van der Waals surface area contributed by atoms with Crippen LogP contribution < -0.4 is 5.32 Å². The van der Waals surface area contributed by atoms with Crippen LogP contribution >= 0.6 is 0 Å². The molecule has 344 valence electrons. The number of ether oxygens (including phenoxy) is 9. The van der Waals surface area contributed by atoms with Crippen molar-refractivity contribution in [2.75, 3.05) is 20.3 Å². The van der Waals surface area contributed by atoms with Gasteiger partial charge in [0, 0.05) is 26.9 Å². The highest BCUT2D eigenvalue weighted by atomic mass is 16.7. The smallest absolute Gasteiger partial charge is 0.302 e. The van der Waals surface area contributed by atoms with Crippen LogP contribution in [0.15, 0.2) is 152 Å². The fraction of sp³-hybridized carbons (Fsp3) is 0.396. The molecule has 2 saturated heterocycles. The Balaban J connectivity index is 1.27. The first-order chi connectivity index (χ1) is 31.8. The third-order valence-corrected chi connectivity index (χ3v) is 11.7. The summed E-state index contributed by atoms with van der Waals surface area (Å²) in [6, 6.07) is 48.7. The van der Waals surface area contributed by atoms with Gasteiger partial charge in [-0.1, -0.05) is 152 Å². The molecule has 2 fully saturated rings. The number of methoxy groups -OCH3 is 1. The van der Waals surface area contributed by atoms with Crippen LogP contribution in [-0.2, 0) is 85.3 Å². The average Bonchev–Trinajstić information content (AvgIpc) is 3.33. The third-order valence-electron chi connectivity index (χ3n) is 11.7. The van der Waals surface area contributed by atoms with Gasteiger partial charge in [0.15, 0.2) is 6.29 Å². The quantitative estimate of drug-likeness (QED) is 0.0685. The van der Waals surface area contributed by atoms with Crippen LogP contribution in [0.25, 0.3) is 0 Å². The lowest BCUT2D eigenvalue weighted by molar-refractivity contribution is -0.310. The third kappa shape index (κ3) is 14.1. The summed E-state index contributed by atoms with van der Waals surface area (Å²) in [5, 5.41) is 3.22. The molecule has 0 aliphatic carbocycles. The number of carbonyl (C=O) groups excluding carboxylic acids is 2. The second-order valence-electron chi connectivity index (χ2n) is 16.5. The molecule has 2 aliphatic rings. The first-order valence-corrected chi connectivity index (χ1v) is 22.3. The van der Waals surface area contributed by atoms with E-state index < -0.39 is 66.9 Å². The van der Waals surface area contributed by atoms with Gasteiger partial charge in [-0.05, 0) is 34.2 Å². The van der Waals surface area contributed by atoms with E-state index in [1.54, 1.807) is 7.11 Å². The van der Waals surface area contributed by atoms with Gasteiger partial charge in [0.05, 0.1) is 57.9 Å². The van der Waals surface area contributed by atoms with E-state index in [0.717, 1.165) is 27.8 Å².